The van der Waals surface area contributed by atoms with Gasteiger partial charge in [-0.15, -0.1) is 4.91 Å². The van der Waals surface area contributed by atoms with Crippen LogP contribution in [0.3, 0.4) is 0 Å². The summed E-state index contributed by atoms with van der Waals surface area (Å²) in [6, 6.07) is 18.1. The molecular weight excluding hydrogens is 396 g/mol. The molecule has 0 aliphatic heterocycles. The summed E-state index contributed by atoms with van der Waals surface area (Å²) in [6.45, 7) is 0. The number of nitrogens with two attached hydrogens (primary N) is 1. The molecule has 0 bridgehead atoms. The number of hydrogen-bond donors (Lipinski definition) is 2. The predicted molar refractivity (Wildman–Crippen MR) is 118 cm³/mol. The van der Waals surface area contributed by atoms with Crippen LogP contribution in [0.25, 0.3) is 5.52 Å². The van der Waals surface area contributed by atoms with Crippen molar-refractivity contribution in [3.8, 4) is 5.75 Å². The highest BCUT2D eigenvalue weighted by Crippen LogP contribution is 2.30. The normalized spacial score (nSPS) is 10.6. The molecule has 8 nitrogen and oxygen atoms in total. The van der Waals surface area contributed by atoms with Gasteiger partial charge in [-0.05, 0) is 53.7 Å². The number of ketones is 1. The lowest BCUT2D eigenvalue weighted by molar-refractivity contribution is 0.102. The molecule has 0 saturated carbocycles. The van der Waals surface area contributed by atoms with Crippen LogP contribution in [-0.2, 0) is 0 Å². The molecule has 1 amide bonds. The number of aromatic nitrogens is 1. The van der Waals surface area contributed by atoms with Crippen molar-refractivity contribution in [2.45, 2.75) is 0 Å². The van der Waals surface area contributed by atoms with Gasteiger partial charge in [0.15, 0.2) is 0 Å². The van der Waals surface area contributed by atoms with Crippen LogP contribution in [0.15, 0.2) is 78.1 Å². The van der Waals surface area contributed by atoms with Crippen molar-refractivity contribution >= 4 is 34.3 Å². The number of carbonyl (C=O) groups is 2. The third kappa shape index (κ3) is 3.62. The highest BCUT2D eigenvalue weighted by atomic mass is 16.5. The Morgan fingerprint density at radius 1 is 1.03 bits per heavy atom. The van der Waals surface area contributed by atoms with Gasteiger partial charge >= 0.3 is 0 Å². The molecule has 4 rings (SSSR count). The van der Waals surface area contributed by atoms with E-state index < -0.39 is 11.7 Å². The van der Waals surface area contributed by atoms with E-state index in [1.807, 2.05) is 0 Å². The summed E-state index contributed by atoms with van der Waals surface area (Å²) >= 11 is 0. The Balaban J connectivity index is 1.78. The monoisotopic (exact) mass is 414 g/mol. The van der Waals surface area contributed by atoms with Gasteiger partial charge in [-0.3, -0.25) is 9.59 Å². The Hall–Kier alpha value is -4.46. The van der Waals surface area contributed by atoms with Gasteiger partial charge in [-0.25, -0.2) is 0 Å². The van der Waals surface area contributed by atoms with Crippen LogP contribution < -0.4 is 15.8 Å². The summed E-state index contributed by atoms with van der Waals surface area (Å²) < 4.78 is 6.70. The van der Waals surface area contributed by atoms with Gasteiger partial charge in [-0.2, -0.15) is 0 Å². The average molecular weight is 414 g/mol. The van der Waals surface area contributed by atoms with E-state index in [0.29, 0.717) is 17.0 Å². The number of carbonyl (C=O) groups excluding carboxylic acids is 2. The third-order valence-corrected chi connectivity index (χ3v) is 4.89. The molecule has 4 aromatic rings. The summed E-state index contributed by atoms with van der Waals surface area (Å²) in [4.78, 5) is 37.1. The average Bonchev–Trinajstić information content (AvgIpc) is 3.10. The van der Waals surface area contributed by atoms with E-state index in [-0.39, 0.29) is 28.2 Å². The highest BCUT2D eigenvalue weighted by molar-refractivity contribution is 6.20. The molecule has 2 aromatic heterocycles. The SMILES string of the molecule is COc1ccc(NC(=O)c2c(N)c(C(=O)c3cccc(N=O)c3)n3ccccc23)cc1. The molecular formula is C23H18N4O4. The number of hydrogen-bond acceptors (Lipinski definition) is 6. The molecule has 2 heterocycles. The van der Waals surface area contributed by atoms with Crippen molar-refractivity contribution in [2.75, 3.05) is 18.2 Å². The summed E-state index contributed by atoms with van der Waals surface area (Å²) in [6.07, 6.45) is 1.66. The fraction of sp³-hybridized carbons (Fsp3) is 0.0435. The number of methoxy groups -OCH3 is 1. The largest absolute Gasteiger partial charge is 0.497 e. The number of nitroso groups, excluding NO2 is 1. The molecule has 0 aliphatic carbocycles. The molecule has 0 atom stereocenters. The van der Waals surface area contributed by atoms with Gasteiger partial charge in [-0.1, -0.05) is 18.2 Å². The Kier molecular flexibility index (Phi) is 5.19. The quantitative estimate of drug-likeness (QED) is 0.358. The zero-order chi connectivity index (χ0) is 22.0. The van der Waals surface area contributed by atoms with Gasteiger partial charge in [0.05, 0.1) is 23.9 Å². The van der Waals surface area contributed by atoms with Crippen molar-refractivity contribution < 1.29 is 14.3 Å². The maximum Gasteiger partial charge on any atom is 0.259 e. The number of amides is 1. The lowest BCUT2D eigenvalue weighted by Crippen LogP contribution is -2.14. The van der Waals surface area contributed by atoms with Gasteiger partial charge in [0, 0.05) is 17.4 Å². The molecule has 0 aliphatic rings. The Morgan fingerprint density at radius 3 is 2.52 bits per heavy atom. The maximum absolute atomic E-state index is 13.2. The van der Waals surface area contributed by atoms with Crippen molar-refractivity contribution in [1.82, 2.24) is 4.40 Å². The second-order valence-electron chi connectivity index (χ2n) is 6.75. The van der Waals surface area contributed by atoms with E-state index in [1.165, 1.54) is 12.1 Å². The lowest BCUT2D eigenvalue weighted by Gasteiger charge is -2.07. The summed E-state index contributed by atoms with van der Waals surface area (Å²) in [5.74, 6) is -0.215. The minimum absolute atomic E-state index is 0.0478. The number of nitrogens with zero attached hydrogens (tertiary/aromatic N) is 2. The number of fused-ring (bicyclic) bond motifs is 1. The van der Waals surface area contributed by atoms with Crippen molar-refractivity contribution in [2.24, 2.45) is 5.18 Å². The molecule has 31 heavy (non-hydrogen) atoms. The number of nitrogen functional groups attached to an aromatic ring is 1. The predicted octanol–water partition coefficient (Wildman–Crippen LogP) is 4.41. The van der Waals surface area contributed by atoms with Gasteiger partial charge < -0.3 is 20.2 Å². The topological polar surface area (TPSA) is 115 Å². The van der Waals surface area contributed by atoms with Crippen LogP contribution in [0.1, 0.15) is 26.4 Å². The van der Waals surface area contributed by atoms with Crippen LogP contribution in [-0.4, -0.2) is 23.2 Å². The Bertz CT molecular complexity index is 1310. The van der Waals surface area contributed by atoms with E-state index >= 15 is 0 Å². The Labute approximate surface area is 177 Å². The number of rotatable bonds is 6. The number of benzene rings is 2. The molecule has 154 valence electrons. The van der Waals surface area contributed by atoms with Crippen molar-refractivity contribution in [3.05, 3.63) is 94.7 Å². The molecule has 0 radical (unpaired) electrons. The number of pyridine rings is 1. The van der Waals surface area contributed by atoms with E-state index in [1.54, 1.807) is 72.3 Å². The molecule has 0 unspecified atom stereocenters. The first-order valence-corrected chi connectivity index (χ1v) is 9.35. The fourth-order valence-electron chi connectivity index (χ4n) is 3.41. The Morgan fingerprint density at radius 2 is 1.81 bits per heavy atom. The van der Waals surface area contributed by atoms with E-state index in [2.05, 4.69) is 10.5 Å². The zero-order valence-corrected chi connectivity index (χ0v) is 16.5. The zero-order valence-electron chi connectivity index (χ0n) is 16.5. The van der Waals surface area contributed by atoms with E-state index in [4.69, 9.17) is 10.5 Å². The first-order chi connectivity index (χ1) is 15.0. The molecule has 0 spiro atoms. The van der Waals surface area contributed by atoms with Gasteiger partial charge in [0.1, 0.15) is 17.1 Å². The first kappa shape index (κ1) is 19.8. The molecule has 2 aromatic carbocycles. The summed E-state index contributed by atoms with van der Waals surface area (Å²) in [7, 11) is 1.56. The second-order valence-corrected chi connectivity index (χ2v) is 6.75. The van der Waals surface area contributed by atoms with Crippen molar-refractivity contribution in [1.29, 1.82) is 0 Å². The number of anilines is 2. The fourth-order valence-corrected chi connectivity index (χ4v) is 3.41. The third-order valence-electron chi connectivity index (χ3n) is 4.89. The molecule has 8 heteroatoms. The molecule has 3 N–H and O–H groups in total. The van der Waals surface area contributed by atoms with E-state index in [0.717, 1.165) is 0 Å². The molecule has 0 saturated heterocycles. The van der Waals surface area contributed by atoms with Crippen LogP contribution in [0.4, 0.5) is 17.1 Å². The minimum atomic E-state index is -0.450. The first-order valence-electron chi connectivity index (χ1n) is 9.35. The summed E-state index contributed by atoms with van der Waals surface area (Å²) in [5.41, 5.74) is 8.10. The van der Waals surface area contributed by atoms with Crippen molar-refractivity contribution in [3.63, 3.8) is 0 Å². The van der Waals surface area contributed by atoms with Crippen LogP contribution in [0.2, 0.25) is 0 Å². The number of ether oxygens (including phenoxy) is 1. The van der Waals surface area contributed by atoms with Gasteiger partial charge in [0.25, 0.3) is 5.91 Å². The van der Waals surface area contributed by atoms with Crippen LogP contribution >= 0.6 is 0 Å². The van der Waals surface area contributed by atoms with Crippen LogP contribution in [0.5, 0.6) is 5.75 Å². The lowest BCUT2D eigenvalue weighted by atomic mass is 10.1. The summed E-state index contributed by atoms with van der Waals surface area (Å²) in [5, 5.41) is 5.67. The smallest absolute Gasteiger partial charge is 0.259 e. The maximum atomic E-state index is 13.2. The molecule has 0 fully saturated rings. The second kappa shape index (κ2) is 8.11. The van der Waals surface area contributed by atoms with E-state index in [9.17, 15) is 14.5 Å². The standard InChI is InChI=1S/C23H18N4O4/c1-31-17-10-8-15(9-11-17)25-23(29)19-18-7-2-3-12-27(18)21(20(19)24)22(28)14-5-4-6-16(13-14)26-30/h2-13H,24H2,1H3,(H,25,29). The number of nitrogens with one attached hydrogen (secondary N) is 1. The van der Waals surface area contributed by atoms with Gasteiger partial charge in [0.2, 0.25) is 5.78 Å². The highest BCUT2D eigenvalue weighted by Gasteiger charge is 2.26. The minimum Gasteiger partial charge on any atom is -0.497 e. The van der Waals surface area contributed by atoms with Crippen LogP contribution in [0, 0.1) is 4.91 Å².